The van der Waals surface area contributed by atoms with Crippen LogP contribution in [0.3, 0.4) is 0 Å². The number of nitrogens with one attached hydrogen (secondary N) is 3. The van der Waals surface area contributed by atoms with E-state index in [1.807, 2.05) is 66.7 Å². The third-order valence-electron chi connectivity index (χ3n) is 18.7. The highest BCUT2D eigenvalue weighted by Gasteiger charge is 2.44. The molecule has 4 aromatic rings. The summed E-state index contributed by atoms with van der Waals surface area (Å²) in [4.78, 5) is 95.6. The van der Waals surface area contributed by atoms with Crippen LogP contribution in [-0.4, -0.2) is 175 Å². The van der Waals surface area contributed by atoms with Crippen molar-refractivity contribution < 1.29 is 122 Å². The summed E-state index contributed by atoms with van der Waals surface area (Å²) in [5.74, 6) is -4.88. The number of aliphatic carboxylic acids is 2. The highest BCUT2D eigenvalue weighted by atomic mass is 32.2. The largest absolute Gasteiger partial charge is 0.748 e. The van der Waals surface area contributed by atoms with Crippen molar-refractivity contribution in [3.05, 3.63) is 172 Å². The fourth-order valence-electron chi connectivity index (χ4n) is 13.3. The summed E-state index contributed by atoms with van der Waals surface area (Å²) < 4.78 is 158. The molecule has 3 aliphatic rings. The number of para-hydroxylation sites is 2. The fourth-order valence-corrected chi connectivity index (χ4v) is 15.0. The number of carboxylic acids is 2. The molecule has 0 bridgehead atoms. The van der Waals surface area contributed by atoms with Crippen molar-refractivity contribution in [3.63, 3.8) is 0 Å². The van der Waals surface area contributed by atoms with Crippen LogP contribution in [0.4, 0.5) is 16.2 Å². The number of fused-ring (bicyclic) bond motifs is 2. The molecule has 0 spiro atoms. The summed E-state index contributed by atoms with van der Waals surface area (Å²) in [6.45, 7) is 9.44. The molecule has 7 rings (SSSR count). The number of carboxylic acid groups (broad SMARTS) is 2. The molecule has 0 saturated heterocycles. The first-order valence-electron chi connectivity index (χ1n) is 36.1. The first-order chi connectivity index (χ1) is 52.7. The van der Waals surface area contributed by atoms with E-state index < -0.39 is 116 Å². The number of hydrogen-bond acceptors (Lipinski definition) is 23. The molecule has 2 heterocycles. The number of hydrogen-bond donors (Lipinski definition) is 7. The van der Waals surface area contributed by atoms with Gasteiger partial charge in [-0.2, -0.15) is 31.0 Å². The Balaban J connectivity index is 0.00000225. The lowest BCUT2D eigenvalue weighted by atomic mass is 9.81. The van der Waals surface area contributed by atoms with Crippen LogP contribution < -0.4 is 25.6 Å². The molecular formula is C76H97N5O26S5. The first kappa shape index (κ1) is 94.9. The second-order valence-corrected chi connectivity index (χ2v) is 33.3. The smallest absolute Gasteiger partial charge is 0.425 e. The lowest BCUT2D eigenvalue weighted by Crippen LogP contribution is -2.46. The van der Waals surface area contributed by atoms with Crippen LogP contribution in [0.25, 0.3) is 0 Å². The Hall–Kier alpha value is -9.52. The van der Waals surface area contributed by atoms with Crippen LogP contribution in [0.2, 0.25) is 0 Å². The van der Waals surface area contributed by atoms with E-state index in [9.17, 15) is 73.3 Å². The monoisotopic (exact) mass is 1660 g/mol. The number of benzene rings is 4. The molecule has 4 aromatic carbocycles. The van der Waals surface area contributed by atoms with Gasteiger partial charge in [0, 0.05) is 85.5 Å². The minimum atomic E-state index is -4.39. The van der Waals surface area contributed by atoms with Crippen molar-refractivity contribution in [1.82, 2.24) is 16.0 Å². The number of urea groups is 1. The van der Waals surface area contributed by atoms with E-state index in [0.29, 0.717) is 81.5 Å². The van der Waals surface area contributed by atoms with Crippen molar-refractivity contribution >= 4 is 110 Å². The van der Waals surface area contributed by atoms with Gasteiger partial charge in [0.05, 0.1) is 39.0 Å². The van der Waals surface area contributed by atoms with Crippen molar-refractivity contribution in [2.24, 2.45) is 5.92 Å². The van der Waals surface area contributed by atoms with Crippen molar-refractivity contribution in [2.75, 3.05) is 41.8 Å². The molecule has 7 N–H and O–H groups in total. The Bertz CT molecular complexity index is 4690. The maximum Gasteiger partial charge on any atom is 0.425 e. The van der Waals surface area contributed by atoms with Crippen LogP contribution in [-0.2, 0) is 109 Å². The van der Waals surface area contributed by atoms with Crippen molar-refractivity contribution in [1.29, 1.82) is 0 Å². The molecule has 31 nitrogen and oxygen atoms in total. The van der Waals surface area contributed by atoms with Crippen LogP contribution in [0.15, 0.2) is 150 Å². The number of ether oxygens (including phenoxy) is 1. The van der Waals surface area contributed by atoms with Crippen molar-refractivity contribution in [2.45, 2.75) is 185 Å². The summed E-state index contributed by atoms with van der Waals surface area (Å²) in [5.41, 5.74) is 8.48. The molecule has 612 valence electrons. The number of carbonyl (C=O) groups is 6. The highest BCUT2D eigenvalue weighted by molar-refractivity contribution is 7.86. The number of anilines is 1. The predicted molar refractivity (Wildman–Crippen MR) is 410 cm³/mol. The summed E-state index contributed by atoms with van der Waals surface area (Å²) in [6.07, 6.45) is 16.0. The molecule has 0 aromatic heterocycles. The van der Waals surface area contributed by atoms with Gasteiger partial charge in [-0.25, -0.2) is 18.0 Å². The molecule has 0 fully saturated rings. The average molecular weight is 1660 g/mol. The number of carbonyl (C=O) groups excluding carboxylic acids is 6. The van der Waals surface area contributed by atoms with E-state index in [1.54, 1.807) is 24.3 Å². The lowest BCUT2D eigenvalue weighted by molar-refractivity contribution is -0.438. The molecule has 1 aliphatic carbocycles. The first-order valence-corrected chi connectivity index (χ1v) is 42.9. The van der Waals surface area contributed by atoms with Crippen LogP contribution in [0, 0.1) is 5.92 Å². The number of nitrogens with zero attached hydrogens (tertiary/aromatic N) is 2. The SMILES string of the molecule is CC1(C)C(=CC=C2CCCC(C=CC3=[N+](CCCCS(=O)(=O)O)c4ccccc4C3(C)C)=C2Oc2ccc(C[C@H](CC(=O)[C@H](Cc3ccccc3)NC(=O)CCCCCCCCC(=O)CC[C@H](NC(=O)NCCCS(=O)(=O)O)C(=O)O)C(=O)O)cc2)N(CCCCS(=O)(=O)[O-])c2ccccc21.O=C=O.O=S(=O)=O.O=S(=O)=O. The van der Waals surface area contributed by atoms with Gasteiger partial charge in [0.1, 0.15) is 29.9 Å². The molecule has 3 amide bonds. The van der Waals surface area contributed by atoms with Gasteiger partial charge in [-0.05, 0) is 149 Å². The average Bonchev–Trinajstić information content (AvgIpc) is 1.60. The molecule has 0 radical (unpaired) electrons. The third-order valence-corrected chi connectivity index (χ3v) is 21.1. The standard InChI is InChI=1S/C75H97N5O18S3.CO2.2O3S/c1-74(2)60-29-14-16-31-64(60)79(45-18-20-47-99(89,90)91)67(74)42-36-55-26-22-27-56(37-43-68-75(3,4)61-30-15-17-32-65(61)80(68)46-19-21-48-100(92,93)94)70(55)98-59-39-34-54(35-40-59)50-57(71(84)85)52-66(82)63(51-53-24-10-9-11-25-53)77-69(83)33-13-8-6-5-7-12-28-58(81)38-41-62(72(86)87)78-73(88)76-44-23-49-101(95,96)97;2-1-3;2*1-4(2)3/h9-11,14-17,24-25,29-32,34-37,39-40,42-43,57,62-63H,5-8,12-13,18-23,26-28,33,38,41,44-52H2,1-4H3,(H7-,76,77,78,83,84,85,86,87,88,89,90,91,92,93,94,95,96,97);;;/t57-,62+,63+;;;/m1.../s1. The van der Waals surface area contributed by atoms with Gasteiger partial charge in [0.2, 0.25) is 11.6 Å². The van der Waals surface area contributed by atoms with Gasteiger partial charge in [0.25, 0.3) is 20.2 Å². The number of Topliss-reactive ketones (excluding diaryl/α,β-unsaturated/α-hetero) is 2. The van der Waals surface area contributed by atoms with E-state index in [0.717, 1.165) is 69.9 Å². The Kier molecular flexibility index (Phi) is 39.4. The maximum absolute atomic E-state index is 14.3. The topological polar surface area (TPSA) is 497 Å². The summed E-state index contributed by atoms with van der Waals surface area (Å²) in [7, 11) is -19.0. The third kappa shape index (κ3) is 34.2. The molecule has 0 unspecified atom stereocenters. The molecule has 0 saturated carbocycles. The van der Waals surface area contributed by atoms with Gasteiger partial charge in [0.15, 0.2) is 11.5 Å². The van der Waals surface area contributed by atoms with E-state index in [2.05, 4.69) is 89.6 Å². The Morgan fingerprint density at radius 1 is 0.616 bits per heavy atom. The summed E-state index contributed by atoms with van der Waals surface area (Å²) >= 11 is 0. The van der Waals surface area contributed by atoms with E-state index in [1.165, 1.54) is 0 Å². The zero-order valence-corrected chi connectivity index (χ0v) is 66.7. The highest BCUT2D eigenvalue weighted by Crippen LogP contribution is 2.48. The minimum absolute atomic E-state index is 0.00239. The van der Waals surface area contributed by atoms with Gasteiger partial charge >= 0.3 is 45.3 Å². The number of amides is 3. The second kappa shape index (κ2) is 46.5. The molecule has 3 atom stereocenters. The van der Waals surface area contributed by atoms with Gasteiger partial charge < -0.3 is 40.4 Å². The van der Waals surface area contributed by atoms with Crippen LogP contribution in [0.5, 0.6) is 5.75 Å². The molecule has 112 heavy (non-hydrogen) atoms. The van der Waals surface area contributed by atoms with Gasteiger partial charge in [-0.1, -0.05) is 124 Å². The normalized spacial score (nSPS) is 15.7. The zero-order chi connectivity index (χ0) is 83.4. The van der Waals surface area contributed by atoms with Crippen LogP contribution in [0.1, 0.15) is 172 Å². The summed E-state index contributed by atoms with van der Waals surface area (Å²) in [6, 6.07) is 29.2. The second-order valence-electron chi connectivity index (χ2n) is 27.8. The van der Waals surface area contributed by atoms with Crippen molar-refractivity contribution in [3.8, 4) is 5.75 Å². The zero-order valence-electron chi connectivity index (χ0n) is 62.7. The predicted octanol–water partition coefficient (Wildman–Crippen LogP) is 8.58. The van der Waals surface area contributed by atoms with Crippen LogP contribution >= 0.6 is 0 Å². The number of rotatable bonds is 42. The molecular weight excluding hydrogens is 1560 g/mol. The number of ketones is 2. The molecule has 36 heteroatoms. The summed E-state index contributed by atoms with van der Waals surface area (Å²) in [5, 5.41) is 27.6. The van der Waals surface area contributed by atoms with Gasteiger partial charge in [-0.15, -0.1) is 25.3 Å². The molecule has 2 aliphatic heterocycles. The van der Waals surface area contributed by atoms with E-state index in [4.69, 9.17) is 44.1 Å². The quantitative estimate of drug-likeness (QED) is 0.0124. The lowest BCUT2D eigenvalue weighted by Gasteiger charge is -2.28. The van der Waals surface area contributed by atoms with E-state index >= 15 is 0 Å². The minimum Gasteiger partial charge on any atom is -0.748 e. The number of allylic oxidation sites excluding steroid dienone is 7. The van der Waals surface area contributed by atoms with E-state index in [-0.39, 0.29) is 94.3 Å². The Labute approximate surface area is 655 Å². The van der Waals surface area contributed by atoms with Gasteiger partial charge in [-0.3, -0.25) is 28.3 Å². The Morgan fingerprint density at radius 3 is 1.79 bits per heavy atom. The fraction of sp³-hybridized carbons (Fsp3) is 0.474. The number of unbranched alkanes of at least 4 members (excludes halogenated alkanes) is 7. The maximum atomic E-state index is 14.3. The Morgan fingerprint density at radius 2 is 1.18 bits per heavy atom.